The summed E-state index contributed by atoms with van der Waals surface area (Å²) in [6, 6.07) is 8.45. The maximum Gasteiger partial charge on any atom is 0.534 e. The molecule has 1 saturated heterocycles. The Kier molecular flexibility index (Phi) is 10.1. The van der Waals surface area contributed by atoms with Crippen LogP contribution in [0.4, 0.5) is 4.79 Å². The van der Waals surface area contributed by atoms with E-state index in [-0.39, 0.29) is 13.2 Å². The molecule has 0 radical (unpaired) electrons. The van der Waals surface area contributed by atoms with Crippen LogP contribution in [0.3, 0.4) is 0 Å². The SMILES string of the molecule is CC(=O)OC[C@H]1OC(c2ccc(COC(=O)On3c(O)ccc3O)cc2)[C@H](OC(C)=O)[C@@H](OC(C)=O)[C@@H]1OC(C)=O. The largest absolute Gasteiger partial charge is 0.534 e. The van der Waals surface area contributed by atoms with Crippen molar-refractivity contribution in [2.24, 2.45) is 0 Å². The number of aromatic hydroxyl groups is 2. The molecule has 1 aliphatic rings. The van der Waals surface area contributed by atoms with Crippen LogP contribution in [0.5, 0.6) is 11.8 Å². The summed E-state index contributed by atoms with van der Waals surface area (Å²) in [6.07, 6.45) is -7.27. The molecule has 1 aliphatic heterocycles. The molecule has 0 aliphatic carbocycles. The number of hydrogen-bond acceptors (Lipinski definition) is 14. The number of ether oxygens (including phenoxy) is 6. The van der Waals surface area contributed by atoms with Crippen LogP contribution in [-0.2, 0) is 54.2 Å². The van der Waals surface area contributed by atoms with Crippen LogP contribution < -0.4 is 4.84 Å². The lowest BCUT2D eigenvalue weighted by Crippen LogP contribution is -2.59. The Hall–Kier alpha value is -4.79. The van der Waals surface area contributed by atoms with Gasteiger partial charge in [0.1, 0.15) is 25.4 Å². The summed E-state index contributed by atoms with van der Waals surface area (Å²) in [5, 5.41) is 19.1. The molecule has 0 saturated carbocycles. The molecule has 3 rings (SSSR count). The van der Waals surface area contributed by atoms with Gasteiger partial charge >= 0.3 is 30.0 Å². The van der Waals surface area contributed by atoms with Crippen molar-refractivity contribution in [1.82, 2.24) is 4.73 Å². The van der Waals surface area contributed by atoms with E-state index in [4.69, 9.17) is 33.3 Å². The van der Waals surface area contributed by atoms with E-state index in [9.17, 15) is 34.2 Å². The third-order valence-electron chi connectivity index (χ3n) is 5.62. The van der Waals surface area contributed by atoms with Gasteiger partial charge in [0.15, 0.2) is 18.3 Å². The third-order valence-corrected chi connectivity index (χ3v) is 5.62. The van der Waals surface area contributed by atoms with Crippen LogP contribution in [0, 0.1) is 0 Å². The van der Waals surface area contributed by atoms with Crippen molar-refractivity contribution < 1.29 is 67.4 Å². The Labute approximate surface area is 233 Å². The van der Waals surface area contributed by atoms with Crippen molar-refractivity contribution in [3.8, 4) is 11.8 Å². The fraction of sp³-hybridized carbons (Fsp3) is 0.423. The summed E-state index contributed by atoms with van der Waals surface area (Å²) in [5.74, 6) is -3.90. The molecule has 1 unspecified atom stereocenters. The van der Waals surface area contributed by atoms with Crippen molar-refractivity contribution in [2.45, 2.75) is 64.8 Å². The lowest BCUT2D eigenvalue weighted by Gasteiger charge is -2.44. The number of rotatable bonds is 9. The first-order valence-corrected chi connectivity index (χ1v) is 12.2. The molecule has 2 aromatic rings. The summed E-state index contributed by atoms with van der Waals surface area (Å²) in [7, 11) is 0. The summed E-state index contributed by atoms with van der Waals surface area (Å²) < 4.78 is 32.9. The first kappa shape index (κ1) is 30.7. The smallest absolute Gasteiger partial charge is 0.492 e. The number of esters is 4. The van der Waals surface area contributed by atoms with Crippen LogP contribution in [0.15, 0.2) is 36.4 Å². The Morgan fingerprint density at radius 3 is 1.80 bits per heavy atom. The standard InChI is InChI=1S/C26H29NO14/c1-13(28)35-12-19-23(37-14(2)29)25(39-16(4)31)24(38-15(3)30)22(40-19)18-7-5-17(6-8-18)11-36-26(34)41-27-20(32)9-10-21(27)33/h5-10,19,22-25,32-33H,11-12H2,1-4H3/t19-,22?,23-,24+,25+/m1/s1. The monoisotopic (exact) mass is 579 g/mol. The predicted octanol–water partition coefficient (Wildman–Crippen LogP) is 1.46. The molecule has 0 bridgehead atoms. The van der Waals surface area contributed by atoms with Gasteiger partial charge in [-0.2, -0.15) is 0 Å². The first-order valence-electron chi connectivity index (χ1n) is 12.2. The molecular formula is C26H29NO14. The molecule has 222 valence electrons. The third kappa shape index (κ3) is 8.35. The summed E-state index contributed by atoms with van der Waals surface area (Å²) in [5.41, 5.74) is 0.910. The fourth-order valence-corrected chi connectivity index (χ4v) is 4.04. The molecule has 15 heteroatoms. The highest BCUT2D eigenvalue weighted by atomic mass is 16.8. The van der Waals surface area contributed by atoms with E-state index in [1.165, 1.54) is 6.92 Å². The van der Waals surface area contributed by atoms with Crippen LogP contribution in [0.2, 0.25) is 0 Å². The molecule has 15 nitrogen and oxygen atoms in total. The van der Waals surface area contributed by atoms with Crippen molar-refractivity contribution in [1.29, 1.82) is 0 Å². The van der Waals surface area contributed by atoms with Gasteiger partial charge < -0.3 is 38.6 Å². The number of hydrogen-bond donors (Lipinski definition) is 2. The second-order valence-corrected chi connectivity index (χ2v) is 8.84. The second kappa shape index (κ2) is 13.5. The maximum absolute atomic E-state index is 12.0. The van der Waals surface area contributed by atoms with Crippen molar-refractivity contribution in [3.05, 3.63) is 47.5 Å². The normalized spacial score (nSPS) is 21.7. The van der Waals surface area contributed by atoms with Gasteiger partial charge in [0.2, 0.25) is 11.8 Å². The van der Waals surface area contributed by atoms with E-state index < -0.39 is 72.3 Å². The minimum atomic E-state index is -1.32. The van der Waals surface area contributed by atoms with Crippen molar-refractivity contribution >= 4 is 30.0 Å². The molecule has 0 spiro atoms. The van der Waals surface area contributed by atoms with Gasteiger partial charge in [-0.15, -0.1) is 4.73 Å². The van der Waals surface area contributed by atoms with Crippen LogP contribution in [-0.4, -0.2) is 76.0 Å². The zero-order chi connectivity index (χ0) is 30.3. The first-order chi connectivity index (χ1) is 19.3. The number of carbonyl (C=O) groups excluding carboxylic acids is 5. The number of benzene rings is 1. The van der Waals surface area contributed by atoms with Gasteiger partial charge in [-0.3, -0.25) is 24.0 Å². The van der Waals surface area contributed by atoms with Crippen LogP contribution in [0.25, 0.3) is 0 Å². The summed E-state index contributed by atoms with van der Waals surface area (Å²) in [4.78, 5) is 64.0. The van der Waals surface area contributed by atoms with E-state index in [1.807, 2.05) is 0 Å². The number of aromatic nitrogens is 1. The quantitative estimate of drug-likeness (QED) is 0.320. The molecule has 5 atom stereocenters. The minimum absolute atomic E-state index is 0.263. The summed E-state index contributed by atoms with van der Waals surface area (Å²) >= 11 is 0. The Morgan fingerprint density at radius 2 is 1.27 bits per heavy atom. The predicted molar refractivity (Wildman–Crippen MR) is 132 cm³/mol. The van der Waals surface area contributed by atoms with Gasteiger partial charge in [0.25, 0.3) is 0 Å². The Morgan fingerprint density at radius 1 is 0.732 bits per heavy atom. The molecule has 1 aromatic carbocycles. The average molecular weight is 580 g/mol. The van der Waals surface area contributed by atoms with E-state index in [2.05, 4.69) is 0 Å². The molecule has 0 amide bonds. The van der Waals surface area contributed by atoms with Crippen molar-refractivity contribution in [2.75, 3.05) is 6.61 Å². The average Bonchev–Trinajstić information content (AvgIpc) is 3.20. The van der Waals surface area contributed by atoms with Gasteiger partial charge in [-0.05, 0) is 11.1 Å². The van der Waals surface area contributed by atoms with Crippen LogP contribution >= 0.6 is 0 Å². The Balaban J connectivity index is 1.84. The number of nitrogens with zero attached hydrogens (tertiary/aromatic N) is 1. The van der Waals surface area contributed by atoms with Crippen LogP contribution in [0.1, 0.15) is 44.9 Å². The second-order valence-electron chi connectivity index (χ2n) is 8.84. The minimum Gasteiger partial charge on any atom is -0.492 e. The highest BCUT2D eigenvalue weighted by Gasteiger charge is 2.52. The molecule has 41 heavy (non-hydrogen) atoms. The van der Waals surface area contributed by atoms with Gasteiger partial charge in [0.05, 0.1) is 0 Å². The molecule has 2 N–H and O–H groups in total. The molecule has 1 aromatic heterocycles. The van der Waals surface area contributed by atoms with E-state index in [0.717, 1.165) is 32.9 Å². The molecule has 1 fully saturated rings. The highest BCUT2D eigenvalue weighted by Crippen LogP contribution is 2.37. The number of carbonyl (C=O) groups is 5. The molecule has 2 heterocycles. The lowest BCUT2D eigenvalue weighted by atomic mass is 9.90. The topological polar surface area (TPSA) is 195 Å². The zero-order valence-corrected chi connectivity index (χ0v) is 22.5. The summed E-state index contributed by atoms with van der Waals surface area (Å²) in [6.45, 7) is 3.93. The lowest BCUT2D eigenvalue weighted by molar-refractivity contribution is -0.254. The van der Waals surface area contributed by atoms with Gasteiger partial charge in [0, 0.05) is 39.8 Å². The Bertz CT molecular complexity index is 1250. The maximum atomic E-state index is 12.0. The van der Waals surface area contributed by atoms with Gasteiger partial charge in [-0.1, -0.05) is 24.3 Å². The molecular weight excluding hydrogens is 550 g/mol. The van der Waals surface area contributed by atoms with E-state index in [0.29, 0.717) is 15.9 Å². The highest BCUT2D eigenvalue weighted by molar-refractivity contribution is 5.69. The van der Waals surface area contributed by atoms with E-state index >= 15 is 0 Å². The van der Waals surface area contributed by atoms with Crippen molar-refractivity contribution in [3.63, 3.8) is 0 Å². The zero-order valence-electron chi connectivity index (χ0n) is 22.5. The fourth-order valence-electron chi connectivity index (χ4n) is 4.04. The van der Waals surface area contributed by atoms with Gasteiger partial charge in [-0.25, -0.2) is 4.79 Å². The van der Waals surface area contributed by atoms with E-state index in [1.54, 1.807) is 24.3 Å².